The van der Waals surface area contributed by atoms with E-state index in [1.807, 2.05) is 20.8 Å². The van der Waals surface area contributed by atoms with Crippen LogP contribution >= 0.6 is 0 Å². The first kappa shape index (κ1) is 22.1. The van der Waals surface area contributed by atoms with Crippen LogP contribution in [0.5, 0.6) is 11.5 Å². The number of carbonyl (C=O) groups is 3. The van der Waals surface area contributed by atoms with Gasteiger partial charge in [0.1, 0.15) is 5.56 Å². The molecule has 2 amide bonds. The Labute approximate surface area is 179 Å². The number of amides is 2. The Kier molecular flexibility index (Phi) is 6.43. The molecule has 1 aromatic heterocycles. The first-order chi connectivity index (χ1) is 14.7. The van der Waals surface area contributed by atoms with Crippen LogP contribution in [0.2, 0.25) is 0 Å². The number of hydrogen-bond acceptors (Lipinski definition) is 6. The number of aromatic amines is 1. The smallest absolute Gasteiger partial charge is 0.276 e. The summed E-state index contributed by atoms with van der Waals surface area (Å²) in [5, 5.41) is 0. The van der Waals surface area contributed by atoms with Gasteiger partial charge in [0, 0.05) is 17.7 Å². The molecule has 0 atom stereocenters. The maximum absolute atomic E-state index is 12.4. The lowest BCUT2D eigenvalue weighted by Crippen LogP contribution is -2.45. The lowest BCUT2D eigenvalue weighted by atomic mass is 9.75. The molecule has 1 aliphatic carbocycles. The highest BCUT2D eigenvalue weighted by molar-refractivity contribution is 6.02. The van der Waals surface area contributed by atoms with Crippen LogP contribution in [-0.4, -0.2) is 35.8 Å². The Morgan fingerprint density at radius 3 is 2.42 bits per heavy atom. The van der Waals surface area contributed by atoms with Gasteiger partial charge in [-0.1, -0.05) is 26.0 Å². The zero-order valence-corrected chi connectivity index (χ0v) is 17.7. The van der Waals surface area contributed by atoms with Crippen LogP contribution in [0.4, 0.5) is 0 Å². The largest absolute Gasteiger partial charge is 0.490 e. The van der Waals surface area contributed by atoms with Crippen molar-refractivity contribution < 1.29 is 23.9 Å². The third-order valence-electron chi connectivity index (χ3n) is 4.79. The van der Waals surface area contributed by atoms with Crippen molar-refractivity contribution in [1.82, 2.24) is 15.8 Å². The normalized spacial score (nSPS) is 14.4. The van der Waals surface area contributed by atoms with Crippen LogP contribution in [-0.2, 0) is 11.2 Å². The van der Waals surface area contributed by atoms with Gasteiger partial charge in [-0.3, -0.25) is 30.0 Å². The summed E-state index contributed by atoms with van der Waals surface area (Å²) in [7, 11) is 0. The number of pyridine rings is 1. The fraction of sp³-hybridized carbons (Fsp3) is 0.364. The maximum Gasteiger partial charge on any atom is 0.276 e. The Morgan fingerprint density at radius 2 is 1.74 bits per heavy atom. The molecule has 9 heteroatoms. The van der Waals surface area contributed by atoms with E-state index < -0.39 is 17.4 Å². The minimum Gasteiger partial charge on any atom is -0.490 e. The van der Waals surface area contributed by atoms with E-state index in [2.05, 4.69) is 15.8 Å². The Balaban J connectivity index is 1.61. The van der Waals surface area contributed by atoms with E-state index in [0.29, 0.717) is 42.2 Å². The molecular formula is C22H25N3O6. The van der Waals surface area contributed by atoms with Gasteiger partial charge in [-0.25, -0.2) is 0 Å². The molecule has 1 aromatic carbocycles. The van der Waals surface area contributed by atoms with E-state index in [1.165, 1.54) is 6.07 Å². The molecular weight excluding hydrogens is 402 g/mol. The topological polar surface area (TPSA) is 127 Å². The molecule has 0 radical (unpaired) electrons. The molecule has 3 N–H and O–H groups in total. The molecule has 0 unspecified atom stereocenters. The highest BCUT2D eigenvalue weighted by atomic mass is 16.5. The van der Waals surface area contributed by atoms with Crippen LogP contribution in [0.3, 0.4) is 0 Å². The quantitative estimate of drug-likeness (QED) is 0.603. The van der Waals surface area contributed by atoms with Crippen molar-refractivity contribution in [3.63, 3.8) is 0 Å². The summed E-state index contributed by atoms with van der Waals surface area (Å²) in [6.45, 7) is 5.78. The van der Waals surface area contributed by atoms with E-state index in [0.717, 1.165) is 0 Å². The van der Waals surface area contributed by atoms with Crippen LogP contribution in [0, 0.1) is 5.41 Å². The number of rotatable bonds is 6. The Morgan fingerprint density at radius 1 is 1.06 bits per heavy atom. The summed E-state index contributed by atoms with van der Waals surface area (Å²) < 4.78 is 10.8. The van der Waals surface area contributed by atoms with Crippen molar-refractivity contribution in [3.8, 4) is 11.5 Å². The summed E-state index contributed by atoms with van der Waals surface area (Å²) in [5.41, 5.74) is 4.07. The highest BCUT2D eigenvalue weighted by Crippen LogP contribution is 2.33. The van der Waals surface area contributed by atoms with Gasteiger partial charge >= 0.3 is 0 Å². The van der Waals surface area contributed by atoms with Gasteiger partial charge in [-0.05, 0) is 37.0 Å². The molecule has 0 bridgehead atoms. The summed E-state index contributed by atoms with van der Waals surface area (Å²) in [4.78, 5) is 51.8. The second-order valence-electron chi connectivity index (χ2n) is 8.02. The molecule has 2 aromatic rings. The van der Waals surface area contributed by atoms with E-state index in [4.69, 9.17) is 9.47 Å². The van der Waals surface area contributed by atoms with Crippen molar-refractivity contribution in [3.05, 3.63) is 57.5 Å². The lowest BCUT2D eigenvalue weighted by molar-refractivity contribution is -0.123. The zero-order chi connectivity index (χ0) is 22.6. The molecule has 9 nitrogen and oxygen atoms in total. The van der Waals surface area contributed by atoms with Crippen LogP contribution in [0.25, 0.3) is 0 Å². The Bertz CT molecular complexity index is 1070. The van der Waals surface area contributed by atoms with Crippen LogP contribution in [0.1, 0.15) is 53.6 Å². The van der Waals surface area contributed by atoms with Crippen molar-refractivity contribution in [2.24, 2.45) is 5.41 Å². The average molecular weight is 427 g/mol. The number of ketones is 1. The van der Waals surface area contributed by atoms with Gasteiger partial charge < -0.3 is 14.5 Å². The molecule has 0 saturated heterocycles. The molecule has 1 aliphatic rings. The highest BCUT2D eigenvalue weighted by Gasteiger charge is 2.32. The van der Waals surface area contributed by atoms with E-state index in [-0.39, 0.29) is 23.4 Å². The number of nitrogens with one attached hydrogen (secondary N) is 3. The molecule has 164 valence electrons. The predicted molar refractivity (Wildman–Crippen MR) is 112 cm³/mol. The van der Waals surface area contributed by atoms with Gasteiger partial charge in [-0.15, -0.1) is 0 Å². The molecule has 1 heterocycles. The summed E-state index contributed by atoms with van der Waals surface area (Å²) >= 11 is 0. The predicted octanol–water partition coefficient (Wildman–Crippen LogP) is 1.77. The summed E-state index contributed by atoms with van der Waals surface area (Å²) in [5.74, 6) is -0.716. The standard InChI is InChI=1S/C22H25N3O6/c1-4-30-17-7-5-6-8-18(17)31-12-19(27)24-25-21(29)14-9-13-15(23-20(14)28)10-22(2,3)11-16(13)26/h5-9H,4,10-12H2,1-3H3,(H,23,28)(H,24,27)(H,25,29). The number of fused-ring (bicyclic) bond motifs is 1. The number of hydrogen-bond donors (Lipinski definition) is 3. The van der Waals surface area contributed by atoms with Gasteiger partial charge in [0.05, 0.1) is 6.61 Å². The number of hydrazine groups is 1. The van der Waals surface area contributed by atoms with Gasteiger partial charge in [0.25, 0.3) is 17.4 Å². The van der Waals surface area contributed by atoms with Crippen LogP contribution < -0.4 is 25.9 Å². The van der Waals surface area contributed by atoms with Crippen molar-refractivity contribution in [2.45, 2.75) is 33.6 Å². The minimum atomic E-state index is -0.829. The Hall–Kier alpha value is -3.62. The van der Waals surface area contributed by atoms with E-state index in [1.54, 1.807) is 24.3 Å². The number of H-pyrrole nitrogens is 1. The molecule has 0 spiro atoms. The van der Waals surface area contributed by atoms with Crippen LogP contribution in [0.15, 0.2) is 35.1 Å². The second-order valence-corrected chi connectivity index (χ2v) is 8.02. The fourth-order valence-electron chi connectivity index (χ4n) is 3.41. The number of benzene rings is 1. The second kappa shape index (κ2) is 9.03. The van der Waals surface area contributed by atoms with E-state index >= 15 is 0 Å². The molecule has 0 saturated carbocycles. The molecule has 0 aliphatic heterocycles. The van der Waals surface area contributed by atoms with Gasteiger partial charge in [-0.2, -0.15) is 0 Å². The van der Waals surface area contributed by atoms with Gasteiger partial charge in [0.2, 0.25) is 0 Å². The number of Topliss-reactive ketones (excluding diaryl/α,β-unsaturated/α-hetero) is 1. The first-order valence-corrected chi connectivity index (χ1v) is 9.93. The number of para-hydroxylation sites is 2. The molecule has 31 heavy (non-hydrogen) atoms. The third-order valence-corrected chi connectivity index (χ3v) is 4.79. The first-order valence-electron chi connectivity index (χ1n) is 9.93. The maximum atomic E-state index is 12.4. The molecule has 3 rings (SSSR count). The summed E-state index contributed by atoms with van der Waals surface area (Å²) in [6, 6.07) is 8.16. The molecule has 0 fully saturated rings. The summed E-state index contributed by atoms with van der Waals surface area (Å²) in [6.07, 6.45) is 0.854. The van der Waals surface area contributed by atoms with E-state index in [9.17, 15) is 19.2 Å². The fourth-order valence-corrected chi connectivity index (χ4v) is 3.41. The average Bonchev–Trinajstić information content (AvgIpc) is 2.70. The van der Waals surface area contributed by atoms with Crippen molar-refractivity contribution in [2.75, 3.05) is 13.2 Å². The lowest BCUT2D eigenvalue weighted by Gasteiger charge is -2.29. The minimum absolute atomic E-state index is 0.137. The number of aromatic nitrogens is 1. The zero-order valence-electron chi connectivity index (χ0n) is 17.7. The number of carbonyl (C=O) groups excluding carboxylic acids is 3. The SMILES string of the molecule is CCOc1ccccc1OCC(=O)NNC(=O)c1cc2c([nH]c1=O)CC(C)(C)CC2=O. The number of ether oxygens (including phenoxy) is 2. The monoisotopic (exact) mass is 427 g/mol. The third kappa shape index (κ3) is 5.30. The van der Waals surface area contributed by atoms with Crippen molar-refractivity contribution in [1.29, 1.82) is 0 Å². The van der Waals surface area contributed by atoms with Gasteiger partial charge in [0.15, 0.2) is 23.9 Å². The van der Waals surface area contributed by atoms with Crippen molar-refractivity contribution >= 4 is 17.6 Å².